The second-order valence-electron chi connectivity index (χ2n) is 4.52. The summed E-state index contributed by atoms with van der Waals surface area (Å²) in [5.41, 5.74) is 0.758. The summed E-state index contributed by atoms with van der Waals surface area (Å²) in [4.78, 5) is 0. The summed E-state index contributed by atoms with van der Waals surface area (Å²) in [6, 6.07) is 0. The van der Waals surface area contributed by atoms with Crippen molar-refractivity contribution in [1.29, 1.82) is 0 Å². The SMILES string of the molecule is CC1(C)C2C=CC1(CCl)CC2. The van der Waals surface area contributed by atoms with E-state index < -0.39 is 0 Å². The number of fused-ring (bicyclic) bond motifs is 2. The van der Waals surface area contributed by atoms with E-state index in [1.54, 1.807) is 0 Å². The average molecular weight is 171 g/mol. The lowest BCUT2D eigenvalue weighted by atomic mass is 9.70. The van der Waals surface area contributed by atoms with E-state index in [0.717, 1.165) is 11.8 Å². The number of hydrogen-bond acceptors (Lipinski definition) is 0. The van der Waals surface area contributed by atoms with Crippen molar-refractivity contribution in [1.82, 2.24) is 0 Å². The zero-order valence-electron chi connectivity index (χ0n) is 7.23. The van der Waals surface area contributed by atoms with Gasteiger partial charge in [-0.25, -0.2) is 0 Å². The number of allylic oxidation sites excluding steroid dienone is 2. The maximum absolute atomic E-state index is 6.02. The number of rotatable bonds is 1. The van der Waals surface area contributed by atoms with Crippen LogP contribution >= 0.6 is 11.6 Å². The summed E-state index contributed by atoms with van der Waals surface area (Å²) in [6.07, 6.45) is 7.36. The van der Waals surface area contributed by atoms with Gasteiger partial charge in [0, 0.05) is 11.3 Å². The first-order valence-electron chi connectivity index (χ1n) is 4.38. The molecule has 2 aliphatic rings. The Morgan fingerprint density at radius 3 is 2.45 bits per heavy atom. The van der Waals surface area contributed by atoms with Crippen LogP contribution in [0.3, 0.4) is 0 Å². The maximum atomic E-state index is 6.02. The third-order valence-electron chi connectivity index (χ3n) is 4.00. The lowest BCUT2D eigenvalue weighted by Gasteiger charge is -2.35. The molecule has 2 rings (SSSR count). The Hall–Kier alpha value is 0.0300. The Bertz CT molecular complexity index is 205. The molecule has 1 fully saturated rings. The standard InChI is InChI=1S/C10H15Cl/c1-9(2)8-3-5-10(9,7-11)6-4-8/h3,5,8H,4,6-7H2,1-2H3. The zero-order valence-corrected chi connectivity index (χ0v) is 7.99. The highest BCUT2D eigenvalue weighted by Crippen LogP contribution is 2.62. The molecule has 2 atom stereocenters. The molecule has 0 N–H and O–H groups in total. The smallest absolute Gasteiger partial charge is 0.0319 e. The van der Waals surface area contributed by atoms with Crippen LogP contribution < -0.4 is 0 Å². The number of alkyl halides is 1. The van der Waals surface area contributed by atoms with E-state index in [1.165, 1.54) is 12.8 Å². The van der Waals surface area contributed by atoms with Crippen LogP contribution in [0.2, 0.25) is 0 Å². The summed E-state index contributed by atoms with van der Waals surface area (Å²) >= 11 is 6.02. The van der Waals surface area contributed by atoms with Crippen LogP contribution in [-0.4, -0.2) is 5.88 Å². The van der Waals surface area contributed by atoms with Gasteiger partial charge in [0.1, 0.15) is 0 Å². The minimum atomic E-state index is 0.333. The van der Waals surface area contributed by atoms with Gasteiger partial charge in [0.05, 0.1) is 0 Å². The van der Waals surface area contributed by atoms with Crippen molar-refractivity contribution in [3.63, 3.8) is 0 Å². The largest absolute Gasteiger partial charge is 0.126 e. The van der Waals surface area contributed by atoms with E-state index >= 15 is 0 Å². The molecule has 2 bridgehead atoms. The number of hydrogen-bond donors (Lipinski definition) is 0. The minimum absolute atomic E-state index is 0.333. The van der Waals surface area contributed by atoms with Crippen molar-refractivity contribution in [3.8, 4) is 0 Å². The highest BCUT2D eigenvalue weighted by Gasteiger charge is 2.54. The number of halogens is 1. The summed E-state index contributed by atoms with van der Waals surface area (Å²) in [7, 11) is 0. The van der Waals surface area contributed by atoms with Gasteiger partial charge < -0.3 is 0 Å². The molecular weight excluding hydrogens is 156 g/mol. The highest BCUT2D eigenvalue weighted by atomic mass is 35.5. The molecule has 0 aromatic rings. The van der Waals surface area contributed by atoms with Crippen LogP contribution in [0.15, 0.2) is 12.2 Å². The third kappa shape index (κ3) is 0.717. The molecule has 0 heterocycles. The van der Waals surface area contributed by atoms with E-state index in [-0.39, 0.29) is 0 Å². The van der Waals surface area contributed by atoms with E-state index in [2.05, 4.69) is 26.0 Å². The molecule has 1 heteroatoms. The second kappa shape index (κ2) is 2.04. The van der Waals surface area contributed by atoms with Gasteiger partial charge in [0.25, 0.3) is 0 Å². The first-order valence-corrected chi connectivity index (χ1v) is 4.91. The van der Waals surface area contributed by atoms with Gasteiger partial charge in [-0.3, -0.25) is 0 Å². The van der Waals surface area contributed by atoms with Crippen LogP contribution in [0.1, 0.15) is 26.7 Å². The lowest BCUT2D eigenvalue weighted by molar-refractivity contribution is 0.185. The molecule has 11 heavy (non-hydrogen) atoms. The minimum Gasteiger partial charge on any atom is -0.126 e. The van der Waals surface area contributed by atoms with Crippen molar-refractivity contribution in [2.45, 2.75) is 26.7 Å². The van der Waals surface area contributed by atoms with Crippen molar-refractivity contribution in [2.75, 3.05) is 5.88 Å². The zero-order chi connectivity index (χ0) is 8.11. The van der Waals surface area contributed by atoms with E-state index in [1.807, 2.05) is 0 Å². The molecule has 2 aliphatic carbocycles. The van der Waals surface area contributed by atoms with Gasteiger partial charge in [0.15, 0.2) is 0 Å². The first-order chi connectivity index (χ1) is 5.12. The highest BCUT2D eigenvalue weighted by molar-refractivity contribution is 6.18. The molecule has 1 saturated carbocycles. The molecule has 0 nitrogen and oxygen atoms in total. The van der Waals surface area contributed by atoms with Crippen LogP contribution in [-0.2, 0) is 0 Å². The molecule has 0 aromatic carbocycles. The van der Waals surface area contributed by atoms with Crippen molar-refractivity contribution in [3.05, 3.63) is 12.2 Å². The fraction of sp³-hybridized carbons (Fsp3) is 0.800. The molecule has 0 saturated heterocycles. The molecule has 0 aromatic heterocycles. The summed E-state index contributed by atoms with van der Waals surface area (Å²) in [5.74, 6) is 1.59. The Morgan fingerprint density at radius 2 is 2.27 bits per heavy atom. The van der Waals surface area contributed by atoms with Gasteiger partial charge in [-0.15, -0.1) is 11.6 Å². The van der Waals surface area contributed by atoms with Gasteiger partial charge in [-0.2, -0.15) is 0 Å². The summed E-state index contributed by atoms with van der Waals surface area (Å²) in [6.45, 7) is 4.71. The maximum Gasteiger partial charge on any atom is 0.0319 e. The predicted molar refractivity (Wildman–Crippen MR) is 48.8 cm³/mol. The van der Waals surface area contributed by atoms with E-state index in [9.17, 15) is 0 Å². The monoisotopic (exact) mass is 170 g/mol. The molecule has 0 amide bonds. The second-order valence-corrected chi connectivity index (χ2v) is 4.78. The summed E-state index contributed by atoms with van der Waals surface area (Å²) in [5, 5.41) is 0. The van der Waals surface area contributed by atoms with E-state index in [0.29, 0.717) is 10.8 Å². The normalized spacial score (nSPS) is 45.2. The first kappa shape index (κ1) is 7.67. The van der Waals surface area contributed by atoms with Gasteiger partial charge in [-0.1, -0.05) is 26.0 Å². The topological polar surface area (TPSA) is 0 Å². The molecule has 0 radical (unpaired) electrons. The Morgan fingerprint density at radius 1 is 1.55 bits per heavy atom. The third-order valence-corrected chi connectivity index (χ3v) is 4.47. The van der Waals surface area contributed by atoms with Crippen molar-refractivity contribution < 1.29 is 0 Å². The lowest BCUT2D eigenvalue weighted by Crippen LogP contribution is -2.31. The van der Waals surface area contributed by atoms with Crippen LogP contribution in [0.4, 0.5) is 0 Å². The molecule has 0 spiro atoms. The van der Waals surface area contributed by atoms with Crippen LogP contribution in [0, 0.1) is 16.7 Å². The van der Waals surface area contributed by atoms with Crippen molar-refractivity contribution >= 4 is 11.6 Å². The Balaban J connectivity index is 2.41. The fourth-order valence-corrected chi connectivity index (χ4v) is 3.25. The Labute approximate surface area is 73.6 Å². The van der Waals surface area contributed by atoms with Gasteiger partial charge in [-0.05, 0) is 24.2 Å². The van der Waals surface area contributed by atoms with Gasteiger partial charge >= 0.3 is 0 Å². The average Bonchev–Trinajstić information content (AvgIpc) is 2.39. The molecule has 62 valence electrons. The van der Waals surface area contributed by atoms with Crippen molar-refractivity contribution in [2.24, 2.45) is 16.7 Å². The Kier molecular flexibility index (Phi) is 1.42. The van der Waals surface area contributed by atoms with E-state index in [4.69, 9.17) is 11.6 Å². The van der Waals surface area contributed by atoms with Crippen LogP contribution in [0.5, 0.6) is 0 Å². The summed E-state index contributed by atoms with van der Waals surface area (Å²) < 4.78 is 0. The van der Waals surface area contributed by atoms with Crippen LogP contribution in [0.25, 0.3) is 0 Å². The predicted octanol–water partition coefficient (Wildman–Crippen LogP) is 3.22. The molecule has 2 unspecified atom stereocenters. The molecular formula is C10H15Cl. The molecule has 0 aliphatic heterocycles. The quantitative estimate of drug-likeness (QED) is 0.419. The fourth-order valence-electron chi connectivity index (χ4n) is 2.68. The van der Waals surface area contributed by atoms with Gasteiger partial charge in [0.2, 0.25) is 0 Å².